The molecule has 0 aliphatic carbocycles. The van der Waals surface area contributed by atoms with Crippen molar-refractivity contribution in [3.63, 3.8) is 0 Å². The summed E-state index contributed by atoms with van der Waals surface area (Å²) < 4.78 is 38.2. The van der Waals surface area contributed by atoms with Crippen LogP contribution in [-0.4, -0.2) is 16.8 Å². The van der Waals surface area contributed by atoms with Crippen LogP contribution in [0.15, 0.2) is 0 Å². The maximum Gasteiger partial charge on any atom is 0.435 e. The van der Waals surface area contributed by atoms with Gasteiger partial charge in [0, 0.05) is 19.2 Å². The standard InChI is InChI=1S/C7H9ClF3N3/c1-12-3-4-5(7(9,10)11)13-14(2)6(4)8/h12H,3H2,1-2H3. The molecule has 14 heavy (non-hydrogen) atoms. The summed E-state index contributed by atoms with van der Waals surface area (Å²) in [6.45, 7) is 0.0432. The molecule has 0 aromatic carbocycles. The highest BCUT2D eigenvalue weighted by Crippen LogP contribution is 2.33. The molecule has 0 saturated heterocycles. The molecule has 0 aliphatic rings. The van der Waals surface area contributed by atoms with Crippen molar-refractivity contribution in [2.45, 2.75) is 12.7 Å². The van der Waals surface area contributed by atoms with Crippen molar-refractivity contribution in [3.05, 3.63) is 16.4 Å². The van der Waals surface area contributed by atoms with Crippen molar-refractivity contribution >= 4 is 11.6 Å². The van der Waals surface area contributed by atoms with E-state index in [0.717, 1.165) is 4.68 Å². The summed E-state index contributed by atoms with van der Waals surface area (Å²) in [7, 11) is 2.92. The smallest absolute Gasteiger partial charge is 0.316 e. The predicted molar refractivity (Wildman–Crippen MR) is 46.0 cm³/mol. The quantitative estimate of drug-likeness (QED) is 0.835. The highest BCUT2D eigenvalue weighted by molar-refractivity contribution is 6.30. The Balaban J connectivity index is 3.22. The number of aromatic nitrogens is 2. The lowest BCUT2D eigenvalue weighted by Gasteiger charge is -2.05. The van der Waals surface area contributed by atoms with E-state index in [4.69, 9.17) is 11.6 Å². The van der Waals surface area contributed by atoms with Crippen molar-refractivity contribution in [1.29, 1.82) is 0 Å². The van der Waals surface area contributed by atoms with Crippen molar-refractivity contribution in [2.24, 2.45) is 7.05 Å². The zero-order chi connectivity index (χ0) is 10.9. The number of nitrogens with zero attached hydrogens (tertiary/aromatic N) is 2. The first-order valence-corrected chi connectivity index (χ1v) is 4.19. The van der Waals surface area contributed by atoms with Crippen LogP contribution >= 0.6 is 11.6 Å². The van der Waals surface area contributed by atoms with Gasteiger partial charge in [-0.25, -0.2) is 0 Å². The molecule has 0 radical (unpaired) electrons. The predicted octanol–water partition coefficient (Wildman–Crippen LogP) is 1.81. The molecule has 0 spiro atoms. The van der Waals surface area contributed by atoms with E-state index in [0.29, 0.717) is 0 Å². The minimum Gasteiger partial charge on any atom is -0.316 e. The number of hydrogen-bond donors (Lipinski definition) is 1. The fourth-order valence-electron chi connectivity index (χ4n) is 1.11. The Morgan fingerprint density at radius 2 is 2.07 bits per heavy atom. The zero-order valence-electron chi connectivity index (χ0n) is 7.61. The van der Waals surface area contributed by atoms with Crippen LogP contribution in [0.25, 0.3) is 0 Å². The van der Waals surface area contributed by atoms with Gasteiger partial charge < -0.3 is 5.32 Å². The van der Waals surface area contributed by atoms with Crippen LogP contribution in [0.1, 0.15) is 11.3 Å². The molecule has 1 aromatic heterocycles. The summed E-state index contributed by atoms with van der Waals surface area (Å²) in [5.41, 5.74) is -0.955. The highest BCUT2D eigenvalue weighted by atomic mass is 35.5. The average molecular weight is 228 g/mol. The van der Waals surface area contributed by atoms with E-state index in [-0.39, 0.29) is 17.3 Å². The molecule has 7 heteroatoms. The van der Waals surface area contributed by atoms with Crippen molar-refractivity contribution in [1.82, 2.24) is 15.1 Å². The third-order valence-electron chi connectivity index (χ3n) is 1.69. The Morgan fingerprint density at radius 3 is 2.50 bits per heavy atom. The van der Waals surface area contributed by atoms with Gasteiger partial charge in [-0.2, -0.15) is 18.3 Å². The van der Waals surface area contributed by atoms with Gasteiger partial charge in [-0.1, -0.05) is 11.6 Å². The molecular weight excluding hydrogens is 219 g/mol. The molecule has 80 valence electrons. The molecular formula is C7H9ClF3N3. The van der Waals surface area contributed by atoms with Gasteiger partial charge in [0.1, 0.15) is 5.15 Å². The van der Waals surface area contributed by atoms with Gasteiger partial charge in [0.15, 0.2) is 5.69 Å². The SMILES string of the molecule is CNCc1c(C(F)(F)F)nn(C)c1Cl. The highest BCUT2D eigenvalue weighted by Gasteiger charge is 2.38. The zero-order valence-corrected chi connectivity index (χ0v) is 8.37. The summed E-state index contributed by atoms with van der Waals surface area (Å²) >= 11 is 5.66. The lowest BCUT2D eigenvalue weighted by atomic mass is 10.2. The van der Waals surface area contributed by atoms with E-state index in [1.807, 2.05) is 0 Å². The molecule has 3 nitrogen and oxygen atoms in total. The summed E-state index contributed by atoms with van der Waals surface area (Å²) in [5, 5.41) is 5.94. The first kappa shape index (κ1) is 11.3. The van der Waals surface area contributed by atoms with Gasteiger partial charge in [0.2, 0.25) is 0 Å². The fraction of sp³-hybridized carbons (Fsp3) is 0.571. The molecule has 1 heterocycles. The molecule has 1 rings (SSSR count). The molecule has 1 aromatic rings. The average Bonchev–Trinajstić information content (AvgIpc) is 2.32. The van der Waals surface area contributed by atoms with Crippen molar-refractivity contribution in [2.75, 3.05) is 7.05 Å². The van der Waals surface area contributed by atoms with Gasteiger partial charge in [-0.15, -0.1) is 0 Å². The van der Waals surface area contributed by atoms with Gasteiger partial charge in [-0.05, 0) is 7.05 Å². The Labute approximate surface area is 83.8 Å². The summed E-state index contributed by atoms with van der Waals surface area (Å²) in [6, 6.07) is 0. The van der Waals surface area contributed by atoms with Crippen LogP contribution in [0, 0.1) is 0 Å². The van der Waals surface area contributed by atoms with E-state index in [2.05, 4.69) is 10.4 Å². The Morgan fingerprint density at radius 1 is 1.50 bits per heavy atom. The van der Waals surface area contributed by atoms with Gasteiger partial charge >= 0.3 is 6.18 Å². The van der Waals surface area contributed by atoms with E-state index in [1.165, 1.54) is 7.05 Å². The van der Waals surface area contributed by atoms with Gasteiger partial charge in [0.25, 0.3) is 0 Å². The Kier molecular flexibility index (Phi) is 3.06. The number of hydrogen-bond acceptors (Lipinski definition) is 2. The van der Waals surface area contributed by atoms with Crippen LogP contribution in [0.4, 0.5) is 13.2 Å². The summed E-state index contributed by atoms with van der Waals surface area (Å²) in [6.07, 6.45) is -4.46. The number of aryl methyl sites for hydroxylation is 1. The summed E-state index contributed by atoms with van der Waals surface area (Å²) in [4.78, 5) is 0. The third-order valence-corrected chi connectivity index (χ3v) is 2.16. The van der Waals surface area contributed by atoms with Crippen LogP contribution in [0.5, 0.6) is 0 Å². The molecule has 0 fully saturated rings. The maximum atomic E-state index is 12.4. The Bertz CT molecular complexity index is 332. The van der Waals surface area contributed by atoms with Gasteiger partial charge in [0.05, 0.1) is 0 Å². The molecule has 1 N–H and O–H groups in total. The second-order valence-corrected chi connectivity index (χ2v) is 3.13. The molecule has 0 bridgehead atoms. The molecule has 0 aliphatic heterocycles. The lowest BCUT2D eigenvalue weighted by molar-refractivity contribution is -0.142. The van der Waals surface area contributed by atoms with Crippen LogP contribution in [0.2, 0.25) is 5.15 Å². The maximum absolute atomic E-state index is 12.4. The molecule has 0 unspecified atom stereocenters. The topological polar surface area (TPSA) is 29.9 Å². The van der Waals surface area contributed by atoms with Crippen LogP contribution in [0.3, 0.4) is 0 Å². The first-order chi connectivity index (χ1) is 6.38. The minimum absolute atomic E-state index is 0.00618. The largest absolute Gasteiger partial charge is 0.435 e. The fourth-order valence-corrected chi connectivity index (χ4v) is 1.30. The second kappa shape index (κ2) is 3.78. The van der Waals surface area contributed by atoms with Crippen molar-refractivity contribution < 1.29 is 13.2 Å². The number of rotatable bonds is 2. The van der Waals surface area contributed by atoms with E-state index < -0.39 is 11.9 Å². The molecule has 0 saturated carbocycles. The minimum atomic E-state index is -4.46. The monoisotopic (exact) mass is 227 g/mol. The third kappa shape index (κ3) is 2.01. The van der Waals surface area contributed by atoms with E-state index >= 15 is 0 Å². The number of nitrogens with one attached hydrogen (secondary N) is 1. The number of halogens is 4. The summed E-state index contributed by atoms with van der Waals surface area (Å²) in [5.74, 6) is 0. The first-order valence-electron chi connectivity index (χ1n) is 3.81. The molecule has 0 atom stereocenters. The van der Waals surface area contributed by atoms with E-state index in [1.54, 1.807) is 7.05 Å². The normalized spacial score (nSPS) is 12.1. The second-order valence-electron chi connectivity index (χ2n) is 2.77. The van der Waals surface area contributed by atoms with Gasteiger partial charge in [-0.3, -0.25) is 4.68 Å². The van der Waals surface area contributed by atoms with Crippen molar-refractivity contribution in [3.8, 4) is 0 Å². The van der Waals surface area contributed by atoms with E-state index in [9.17, 15) is 13.2 Å². The number of alkyl halides is 3. The molecule has 0 amide bonds. The Hall–Kier alpha value is -0.750. The van der Waals surface area contributed by atoms with Crippen LogP contribution in [-0.2, 0) is 19.8 Å². The lowest BCUT2D eigenvalue weighted by Crippen LogP contribution is -2.13. The van der Waals surface area contributed by atoms with Crippen LogP contribution < -0.4 is 5.32 Å².